The van der Waals surface area contributed by atoms with Crippen LogP contribution in [0, 0.1) is 11.3 Å². The lowest BCUT2D eigenvalue weighted by molar-refractivity contribution is -0.138. The van der Waals surface area contributed by atoms with Gasteiger partial charge in [0.25, 0.3) is 0 Å². The summed E-state index contributed by atoms with van der Waals surface area (Å²) in [5.74, 6) is -1.03. The van der Waals surface area contributed by atoms with E-state index in [1.807, 2.05) is 12.1 Å². The molecule has 5 nitrogen and oxygen atoms in total. The average Bonchev–Trinajstić information content (AvgIpc) is 2.55. The van der Waals surface area contributed by atoms with E-state index >= 15 is 0 Å². The summed E-state index contributed by atoms with van der Waals surface area (Å²) in [5, 5.41) is 18.2. The van der Waals surface area contributed by atoms with Gasteiger partial charge in [-0.25, -0.2) is 0 Å². The number of carboxylic acids is 1. The molecular weight excluding hydrogens is 290 g/mol. The number of carbonyl (C=O) groups is 1. The van der Waals surface area contributed by atoms with E-state index in [2.05, 4.69) is 6.07 Å². The van der Waals surface area contributed by atoms with Crippen LogP contribution in [0.3, 0.4) is 0 Å². The van der Waals surface area contributed by atoms with Crippen molar-refractivity contribution in [1.29, 1.82) is 5.26 Å². The molecule has 0 bridgehead atoms. The standard InChI is InChI=1S/C18H17N3O2/c19-11-15(9-12-3-7-16(20)8-4-12)14-5-1-13(2-6-14)10-17(21)18(22)23/h1-9,17H,10,20-21H2,(H,22,23)/b15-9+/t17-/m0/s1. The summed E-state index contributed by atoms with van der Waals surface area (Å²) in [6, 6.07) is 15.6. The van der Waals surface area contributed by atoms with Crippen molar-refractivity contribution in [1.82, 2.24) is 0 Å². The van der Waals surface area contributed by atoms with E-state index in [0.29, 0.717) is 11.3 Å². The summed E-state index contributed by atoms with van der Waals surface area (Å²) in [7, 11) is 0. The van der Waals surface area contributed by atoms with Crippen molar-refractivity contribution in [3.05, 3.63) is 65.2 Å². The Morgan fingerprint density at radius 2 is 1.78 bits per heavy atom. The first-order chi connectivity index (χ1) is 11.0. The molecule has 0 unspecified atom stereocenters. The highest BCUT2D eigenvalue weighted by molar-refractivity contribution is 5.89. The fourth-order valence-corrected chi connectivity index (χ4v) is 2.10. The smallest absolute Gasteiger partial charge is 0.320 e. The third-order valence-corrected chi connectivity index (χ3v) is 3.41. The Morgan fingerprint density at radius 1 is 1.17 bits per heavy atom. The zero-order valence-corrected chi connectivity index (χ0v) is 12.4. The highest BCUT2D eigenvalue weighted by Crippen LogP contribution is 2.19. The summed E-state index contributed by atoms with van der Waals surface area (Å²) in [6.07, 6.45) is 2.02. The van der Waals surface area contributed by atoms with Crippen molar-refractivity contribution >= 4 is 23.3 Å². The Hall–Kier alpha value is -3.10. The molecule has 0 fully saturated rings. The van der Waals surface area contributed by atoms with Crippen LogP contribution in [-0.2, 0) is 11.2 Å². The number of nitrogens with two attached hydrogens (primary N) is 2. The number of hydrogen-bond donors (Lipinski definition) is 3. The van der Waals surface area contributed by atoms with Gasteiger partial charge in [0.05, 0.1) is 11.6 Å². The number of nitrogen functional groups attached to an aromatic ring is 1. The van der Waals surface area contributed by atoms with Crippen LogP contribution in [-0.4, -0.2) is 17.1 Å². The van der Waals surface area contributed by atoms with E-state index in [4.69, 9.17) is 16.6 Å². The largest absolute Gasteiger partial charge is 0.480 e. The fraction of sp³-hybridized carbons (Fsp3) is 0.111. The molecule has 2 aromatic carbocycles. The Bertz CT molecular complexity index is 756. The van der Waals surface area contributed by atoms with Crippen molar-refractivity contribution in [3.63, 3.8) is 0 Å². The number of rotatable bonds is 5. The molecule has 0 radical (unpaired) electrons. The zero-order chi connectivity index (χ0) is 16.8. The first-order valence-electron chi connectivity index (χ1n) is 7.04. The molecule has 23 heavy (non-hydrogen) atoms. The number of benzene rings is 2. The lowest BCUT2D eigenvalue weighted by Crippen LogP contribution is -2.32. The second-order valence-corrected chi connectivity index (χ2v) is 5.18. The van der Waals surface area contributed by atoms with Gasteiger partial charge in [0, 0.05) is 5.69 Å². The quantitative estimate of drug-likeness (QED) is 0.445. The number of nitrogens with zero attached hydrogens (tertiary/aromatic N) is 1. The van der Waals surface area contributed by atoms with Crippen molar-refractivity contribution < 1.29 is 9.90 Å². The van der Waals surface area contributed by atoms with Crippen LogP contribution in [0.1, 0.15) is 16.7 Å². The van der Waals surface area contributed by atoms with Crippen LogP contribution in [0.15, 0.2) is 48.5 Å². The van der Waals surface area contributed by atoms with E-state index in [1.54, 1.807) is 42.5 Å². The van der Waals surface area contributed by atoms with E-state index < -0.39 is 12.0 Å². The first-order valence-corrected chi connectivity index (χ1v) is 7.04. The van der Waals surface area contributed by atoms with Gasteiger partial charge in [-0.15, -0.1) is 0 Å². The monoisotopic (exact) mass is 307 g/mol. The van der Waals surface area contributed by atoms with Crippen molar-refractivity contribution in [2.45, 2.75) is 12.5 Å². The third kappa shape index (κ3) is 4.43. The number of hydrogen-bond acceptors (Lipinski definition) is 4. The maximum Gasteiger partial charge on any atom is 0.320 e. The zero-order valence-electron chi connectivity index (χ0n) is 12.4. The molecule has 0 saturated carbocycles. The molecule has 0 aromatic heterocycles. The molecule has 0 heterocycles. The number of nitriles is 1. The van der Waals surface area contributed by atoms with E-state index in [0.717, 1.165) is 16.7 Å². The highest BCUT2D eigenvalue weighted by Gasteiger charge is 2.12. The van der Waals surface area contributed by atoms with E-state index in [-0.39, 0.29) is 6.42 Å². The predicted molar refractivity (Wildman–Crippen MR) is 90.1 cm³/mol. The molecule has 2 rings (SSSR count). The minimum Gasteiger partial charge on any atom is -0.480 e. The van der Waals surface area contributed by atoms with Crippen LogP contribution in [0.2, 0.25) is 0 Å². The molecule has 5 N–H and O–H groups in total. The van der Waals surface area contributed by atoms with Gasteiger partial charge in [0.1, 0.15) is 6.04 Å². The highest BCUT2D eigenvalue weighted by atomic mass is 16.4. The summed E-state index contributed by atoms with van der Waals surface area (Å²) >= 11 is 0. The molecule has 0 aliphatic heterocycles. The number of aliphatic carboxylic acids is 1. The SMILES string of the molecule is N#C/C(=C\c1ccc(N)cc1)c1ccc(C[C@H](N)C(=O)O)cc1. The van der Waals surface area contributed by atoms with Gasteiger partial charge in [0.2, 0.25) is 0 Å². The molecule has 0 spiro atoms. The van der Waals surface area contributed by atoms with Gasteiger partial charge in [-0.2, -0.15) is 5.26 Å². The summed E-state index contributed by atoms with van der Waals surface area (Å²) in [6.45, 7) is 0. The molecule has 0 saturated heterocycles. The summed E-state index contributed by atoms with van der Waals surface area (Å²) in [4.78, 5) is 10.8. The minimum absolute atomic E-state index is 0.249. The summed E-state index contributed by atoms with van der Waals surface area (Å²) < 4.78 is 0. The Balaban J connectivity index is 2.21. The second-order valence-electron chi connectivity index (χ2n) is 5.18. The van der Waals surface area contributed by atoms with Gasteiger partial charge in [-0.05, 0) is 41.3 Å². The first kappa shape index (κ1) is 16.3. The Morgan fingerprint density at radius 3 is 2.30 bits per heavy atom. The van der Waals surface area contributed by atoms with Gasteiger partial charge < -0.3 is 16.6 Å². The maximum absolute atomic E-state index is 10.8. The van der Waals surface area contributed by atoms with Crippen molar-refractivity contribution in [2.24, 2.45) is 5.73 Å². The van der Waals surface area contributed by atoms with Crippen LogP contribution in [0.4, 0.5) is 5.69 Å². The molecule has 2 aromatic rings. The molecule has 1 atom stereocenters. The molecule has 5 heteroatoms. The van der Waals surface area contributed by atoms with Gasteiger partial charge in [0.15, 0.2) is 0 Å². The lowest BCUT2D eigenvalue weighted by Gasteiger charge is -2.07. The van der Waals surface area contributed by atoms with Crippen LogP contribution < -0.4 is 11.5 Å². The molecule has 0 amide bonds. The van der Waals surface area contributed by atoms with Crippen molar-refractivity contribution in [3.8, 4) is 6.07 Å². The average molecular weight is 307 g/mol. The number of allylic oxidation sites excluding steroid dienone is 1. The maximum atomic E-state index is 10.8. The Kier molecular flexibility index (Phi) is 5.13. The fourth-order valence-electron chi connectivity index (χ4n) is 2.10. The lowest BCUT2D eigenvalue weighted by atomic mass is 10.00. The number of anilines is 1. The predicted octanol–water partition coefficient (Wildman–Crippen LogP) is 2.29. The Labute approximate surface area is 134 Å². The van der Waals surface area contributed by atoms with E-state index in [9.17, 15) is 10.1 Å². The molecule has 0 aliphatic carbocycles. The topological polar surface area (TPSA) is 113 Å². The number of carboxylic acid groups (broad SMARTS) is 1. The van der Waals surface area contributed by atoms with Gasteiger partial charge >= 0.3 is 5.97 Å². The van der Waals surface area contributed by atoms with Gasteiger partial charge in [-0.3, -0.25) is 4.79 Å². The normalized spacial score (nSPS) is 12.4. The second kappa shape index (κ2) is 7.25. The molecule has 0 aliphatic rings. The minimum atomic E-state index is -1.03. The van der Waals surface area contributed by atoms with E-state index in [1.165, 1.54) is 0 Å². The summed E-state index contributed by atoms with van der Waals surface area (Å²) in [5.41, 5.74) is 14.8. The van der Waals surface area contributed by atoms with Crippen LogP contribution >= 0.6 is 0 Å². The van der Waals surface area contributed by atoms with Crippen LogP contribution in [0.5, 0.6) is 0 Å². The van der Waals surface area contributed by atoms with Gasteiger partial charge in [-0.1, -0.05) is 36.4 Å². The third-order valence-electron chi connectivity index (χ3n) is 3.41. The van der Waals surface area contributed by atoms with Crippen LogP contribution in [0.25, 0.3) is 11.6 Å². The molecule has 116 valence electrons. The molecular formula is C18H17N3O2. The van der Waals surface area contributed by atoms with Crippen molar-refractivity contribution in [2.75, 3.05) is 5.73 Å².